The smallest absolute Gasteiger partial charge is 0.000741 e. The molecule has 8 aromatic rings. The molecule has 9 rings (SSSR count). The third-order valence-electron chi connectivity index (χ3n) is 10.7. The summed E-state index contributed by atoms with van der Waals surface area (Å²) in [5.41, 5.74) is 15.8. The predicted molar refractivity (Wildman–Crippen MR) is 205 cm³/mol. The van der Waals surface area contributed by atoms with Gasteiger partial charge in [-0.15, -0.1) is 0 Å². The molecule has 0 saturated heterocycles. The quantitative estimate of drug-likeness (QED) is 0.175. The summed E-state index contributed by atoms with van der Waals surface area (Å²) in [4.78, 5) is 0. The van der Waals surface area contributed by atoms with Crippen molar-refractivity contribution < 1.29 is 0 Å². The largest absolute Gasteiger partial charge is 0.0622 e. The third kappa shape index (κ3) is 4.44. The Balaban J connectivity index is 1.26. The molecule has 0 bridgehead atoms. The van der Waals surface area contributed by atoms with Gasteiger partial charge >= 0.3 is 0 Å². The highest BCUT2D eigenvalue weighted by molar-refractivity contribution is 6.28. The molecule has 0 amide bonds. The zero-order valence-corrected chi connectivity index (χ0v) is 27.3. The molecule has 0 radical (unpaired) electrons. The molecule has 0 spiro atoms. The molecule has 0 nitrogen and oxygen atoms in total. The van der Waals surface area contributed by atoms with Gasteiger partial charge in [-0.25, -0.2) is 0 Å². The van der Waals surface area contributed by atoms with Crippen molar-refractivity contribution in [3.8, 4) is 55.6 Å². The van der Waals surface area contributed by atoms with Gasteiger partial charge in [-0.1, -0.05) is 184 Å². The van der Waals surface area contributed by atoms with Crippen LogP contribution in [0.4, 0.5) is 0 Å². The molecule has 0 fully saturated rings. The molecule has 0 heteroatoms. The molecule has 2 atom stereocenters. The van der Waals surface area contributed by atoms with Gasteiger partial charge in [0.2, 0.25) is 0 Å². The van der Waals surface area contributed by atoms with E-state index in [4.69, 9.17) is 0 Å². The van der Waals surface area contributed by atoms with Gasteiger partial charge in [0.1, 0.15) is 0 Å². The summed E-state index contributed by atoms with van der Waals surface area (Å²) in [5, 5.41) is 5.24. The number of hydrogen-bond acceptors (Lipinski definition) is 0. The van der Waals surface area contributed by atoms with E-state index in [0.29, 0.717) is 11.8 Å². The second kappa shape index (κ2) is 11.5. The van der Waals surface area contributed by atoms with Gasteiger partial charge in [0.25, 0.3) is 0 Å². The van der Waals surface area contributed by atoms with E-state index in [1.807, 2.05) is 0 Å². The summed E-state index contributed by atoms with van der Waals surface area (Å²) in [5.74, 6) is 0.867. The molecule has 1 aliphatic rings. The van der Waals surface area contributed by atoms with Gasteiger partial charge in [0.15, 0.2) is 0 Å². The van der Waals surface area contributed by atoms with Crippen LogP contribution in [0.15, 0.2) is 170 Å². The topological polar surface area (TPSA) is 0 Å². The second-order valence-electron chi connectivity index (χ2n) is 13.3. The first kappa shape index (κ1) is 28.5. The minimum absolute atomic E-state index is 0.422. The summed E-state index contributed by atoms with van der Waals surface area (Å²) in [6.45, 7) is 4.69. The number of hydrogen-bond donors (Lipinski definition) is 0. The van der Waals surface area contributed by atoms with Gasteiger partial charge in [-0.05, 0) is 100 Å². The van der Waals surface area contributed by atoms with Crippen molar-refractivity contribution in [3.63, 3.8) is 0 Å². The van der Waals surface area contributed by atoms with E-state index in [0.717, 1.165) is 0 Å². The lowest BCUT2D eigenvalue weighted by Gasteiger charge is -2.21. The van der Waals surface area contributed by atoms with Gasteiger partial charge in [0, 0.05) is 0 Å². The lowest BCUT2D eigenvalue weighted by Crippen LogP contribution is -2.04. The summed E-state index contributed by atoms with van der Waals surface area (Å²) < 4.78 is 0. The van der Waals surface area contributed by atoms with Crippen LogP contribution in [0.5, 0.6) is 0 Å². The fourth-order valence-corrected chi connectivity index (χ4v) is 8.16. The van der Waals surface area contributed by atoms with E-state index >= 15 is 0 Å². The molecule has 0 aromatic heterocycles. The Bertz CT molecular complexity index is 2340. The average Bonchev–Trinajstić information content (AvgIpc) is 3.49. The zero-order valence-electron chi connectivity index (χ0n) is 27.3. The van der Waals surface area contributed by atoms with E-state index < -0.39 is 0 Å². The molecule has 228 valence electrons. The van der Waals surface area contributed by atoms with E-state index in [1.54, 1.807) is 0 Å². The lowest BCUT2D eigenvalue weighted by atomic mass is 9.82. The van der Waals surface area contributed by atoms with E-state index in [-0.39, 0.29) is 0 Å². The van der Waals surface area contributed by atoms with Crippen LogP contribution < -0.4 is 0 Å². The minimum Gasteiger partial charge on any atom is -0.0622 e. The highest BCUT2D eigenvalue weighted by atomic mass is 14.3. The molecule has 0 heterocycles. The van der Waals surface area contributed by atoms with Crippen LogP contribution in [0.3, 0.4) is 0 Å². The molecule has 1 aliphatic carbocycles. The van der Waals surface area contributed by atoms with Crippen molar-refractivity contribution in [2.45, 2.75) is 25.7 Å². The first-order chi connectivity index (χ1) is 23.7. The van der Waals surface area contributed by atoms with Crippen molar-refractivity contribution in [2.75, 3.05) is 0 Å². The molecule has 48 heavy (non-hydrogen) atoms. The molecule has 0 aliphatic heterocycles. The standard InChI is InChI=1S/C48H36/c1-31(33-15-6-3-7-16-33)32(2)34-25-27-35(28-26-34)38-29-30-43-46-39(38)23-14-24-42(46)47-44(36-17-8-4-9-18-36)40-21-12-13-22-41(40)45(48(43)47)37-19-10-5-11-20-37/h3-32H,1-2H3. The molecular weight excluding hydrogens is 577 g/mol. The fraction of sp³-hybridized carbons (Fsp3) is 0.0833. The van der Waals surface area contributed by atoms with Crippen molar-refractivity contribution in [1.29, 1.82) is 0 Å². The maximum absolute atomic E-state index is 2.39. The van der Waals surface area contributed by atoms with Crippen LogP contribution in [0.2, 0.25) is 0 Å². The maximum atomic E-state index is 2.39. The third-order valence-corrected chi connectivity index (χ3v) is 10.7. The van der Waals surface area contributed by atoms with Gasteiger partial charge in [0.05, 0.1) is 0 Å². The zero-order chi connectivity index (χ0) is 32.2. The van der Waals surface area contributed by atoms with Crippen LogP contribution in [-0.4, -0.2) is 0 Å². The van der Waals surface area contributed by atoms with Crippen molar-refractivity contribution >= 4 is 21.5 Å². The predicted octanol–water partition coefficient (Wildman–Crippen LogP) is 13.5. The first-order valence-electron chi connectivity index (χ1n) is 17.1. The normalized spacial score (nSPS) is 13.0. The Morgan fingerprint density at radius 3 is 1.29 bits per heavy atom. The van der Waals surface area contributed by atoms with E-state index in [1.165, 1.54) is 88.3 Å². The van der Waals surface area contributed by atoms with Crippen LogP contribution >= 0.6 is 0 Å². The molecular formula is C48H36. The van der Waals surface area contributed by atoms with Crippen molar-refractivity contribution in [1.82, 2.24) is 0 Å². The van der Waals surface area contributed by atoms with Crippen LogP contribution in [0, 0.1) is 0 Å². The summed E-state index contributed by atoms with van der Waals surface area (Å²) in [6, 6.07) is 62.8. The monoisotopic (exact) mass is 612 g/mol. The Kier molecular flexibility index (Phi) is 6.83. The van der Waals surface area contributed by atoms with Crippen LogP contribution in [0.1, 0.15) is 36.8 Å². The molecule has 2 unspecified atom stereocenters. The van der Waals surface area contributed by atoms with Crippen LogP contribution in [-0.2, 0) is 0 Å². The van der Waals surface area contributed by atoms with Crippen molar-refractivity contribution in [3.05, 3.63) is 181 Å². The summed E-state index contributed by atoms with van der Waals surface area (Å²) in [7, 11) is 0. The van der Waals surface area contributed by atoms with Gasteiger partial charge in [-0.2, -0.15) is 0 Å². The Hall–Kier alpha value is -5.72. The summed E-state index contributed by atoms with van der Waals surface area (Å²) in [6.07, 6.45) is 0. The van der Waals surface area contributed by atoms with E-state index in [9.17, 15) is 0 Å². The molecule has 0 saturated carbocycles. The number of benzene rings is 8. The second-order valence-corrected chi connectivity index (χ2v) is 13.3. The highest BCUT2D eigenvalue weighted by Gasteiger charge is 2.31. The highest BCUT2D eigenvalue weighted by Crippen LogP contribution is 2.58. The SMILES string of the molecule is CC(c1ccccc1)C(C)c1ccc(-c2ccc3c4c(cccc24)-c2c-3c(-c3ccccc3)c3ccccc3c2-c2ccccc2)cc1. The summed E-state index contributed by atoms with van der Waals surface area (Å²) >= 11 is 0. The molecule has 0 N–H and O–H groups in total. The first-order valence-corrected chi connectivity index (χ1v) is 17.1. The van der Waals surface area contributed by atoms with Gasteiger partial charge < -0.3 is 0 Å². The van der Waals surface area contributed by atoms with Crippen LogP contribution in [0.25, 0.3) is 77.2 Å². The fourth-order valence-electron chi connectivity index (χ4n) is 8.16. The maximum Gasteiger partial charge on any atom is -0.000741 e. The Morgan fingerprint density at radius 2 is 0.729 bits per heavy atom. The lowest BCUT2D eigenvalue weighted by molar-refractivity contribution is 0.624. The minimum atomic E-state index is 0.422. The number of rotatable bonds is 6. The average molecular weight is 613 g/mol. The van der Waals surface area contributed by atoms with Gasteiger partial charge in [-0.3, -0.25) is 0 Å². The molecule has 8 aromatic carbocycles. The van der Waals surface area contributed by atoms with Crippen molar-refractivity contribution in [2.24, 2.45) is 0 Å². The Labute approximate surface area is 283 Å². The van der Waals surface area contributed by atoms with E-state index in [2.05, 4.69) is 184 Å². The Morgan fingerprint density at radius 1 is 0.292 bits per heavy atom. The number of fused-ring (bicyclic) bond motifs is 4.